The van der Waals surface area contributed by atoms with Crippen LogP contribution in [0, 0.1) is 11.3 Å². The molecule has 0 heterocycles. The first-order chi connectivity index (χ1) is 8.25. The Morgan fingerprint density at radius 1 is 1.33 bits per heavy atom. The fourth-order valence-corrected chi connectivity index (χ4v) is 2.56. The maximum Gasteiger partial charge on any atom is 0.123 e. The van der Waals surface area contributed by atoms with E-state index in [1.165, 1.54) is 0 Å². The third-order valence-electron chi connectivity index (χ3n) is 3.57. The van der Waals surface area contributed by atoms with Gasteiger partial charge in [-0.1, -0.05) is 43.6 Å². The zero-order valence-electron chi connectivity index (χ0n) is 11.8. The van der Waals surface area contributed by atoms with E-state index >= 15 is 0 Å². The average molecular weight is 334 g/mol. The standard InChI is InChI=1S/C15H22BrClO/c1-10(15(2,3)4)8-13(17)12-9-11(16)6-7-14(12)18-5/h6-7,9-10,13H,8H2,1-5H3. The van der Waals surface area contributed by atoms with Crippen molar-refractivity contribution < 1.29 is 4.74 Å². The van der Waals surface area contributed by atoms with Crippen LogP contribution in [0.25, 0.3) is 0 Å². The zero-order chi connectivity index (χ0) is 13.9. The molecule has 0 aliphatic rings. The van der Waals surface area contributed by atoms with E-state index in [2.05, 4.69) is 43.6 Å². The molecule has 3 heteroatoms. The van der Waals surface area contributed by atoms with Gasteiger partial charge in [0.15, 0.2) is 0 Å². The lowest BCUT2D eigenvalue weighted by molar-refractivity contribution is 0.244. The molecule has 0 amide bonds. The van der Waals surface area contributed by atoms with Crippen molar-refractivity contribution in [3.8, 4) is 5.75 Å². The highest BCUT2D eigenvalue weighted by Crippen LogP contribution is 2.40. The highest BCUT2D eigenvalue weighted by Gasteiger charge is 2.24. The van der Waals surface area contributed by atoms with Crippen molar-refractivity contribution in [3.63, 3.8) is 0 Å². The first-order valence-electron chi connectivity index (χ1n) is 6.23. The minimum Gasteiger partial charge on any atom is -0.496 e. The fraction of sp³-hybridized carbons (Fsp3) is 0.600. The first-order valence-corrected chi connectivity index (χ1v) is 7.46. The molecule has 0 N–H and O–H groups in total. The van der Waals surface area contributed by atoms with Crippen molar-refractivity contribution >= 4 is 27.5 Å². The van der Waals surface area contributed by atoms with E-state index in [1.54, 1.807) is 7.11 Å². The van der Waals surface area contributed by atoms with Gasteiger partial charge in [-0.25, -0.2) is 0 Å². The molecular formula is C15H22BrClO. The summed E-state index contributed by atoms with van der Waals surface area (Å²) in [5, 5.41) is -0.0216. The summed E-state index contributed by atoms with van der Waals surface area (Å²) in [6, 6.07) is 5.97. The van der Waals surface area contributed by atoms with Crippen LogP contribution in [0.1, 0.15) is 45.1 Å². The molecule has 0 fully saturated rings. The van der Waals surface area contributed by atoms with E-state index in [1.807, 2.05) is 18.2 Å². The van der Waals surface area contributed by atoms with E-state index in [0.717, 1.165) is 22.2 Å². The highest BCUT2D eigenvalue weighted by atomic mass is 79.9. The first kappa shape index (κ1) is 15.8. The number of halogens is 2. The summed E-state index contributed by atoms with van der Waals surface area (Å²) < 4.78 is 6.42. The van der Waals surface area contributed by atoms with Gasteiger partial charge in [0.05, 0.1) is 12.5 Å². The van der Waals surface area contributed by atoms with Gasteiger partial charge < -0.3 is 4.74 Å². The Labute approximate surface area is 124 Å². The van der Waals surface area contributed by atoms with Gasteiger partial charge in [-0.2, -0.15) is 0 Å². The molecular weight excluding hydrogens is 312 g/mol. The van der Waals surface area contributed by atoms with Crippen molar-refractivity contribution in [1.29, 1.82) is 0 Å². The number of ether oxygens (including phenoxy) is 1. The lowest BCUT2D eigenvalue weighted by Crippen LogP contribution is -2.18. The molecule has 1 aromatic carbocycles. The molecule has 102 valence electrons. The summed E-state index contributed by atoms with van der Waals surface area (Å²) in [5.41, 5.74) is 1.33. The van der Waals surface area contributed by atoms with Crippen LogP contribution >= 0.6 is 27.5 Å². The molecule has 0 aromatic heterocycles. The van der Waals surface area contributed by atoms with Crippen LogP contribution in [0.2, 0.25) is 0 Å². The van der Waals surface area contributed by atoms with E-state index in [0.29, 0.717) is 5.92 Å². The molecule has 1 aromatic rings. The Kier molecular flexibility index (Phi) is 5.54. The molecule has 2 unspecified atom stereocenters. The Balaban J connectivity index is 2.90. The number of rotatable bonds is 4. The molecule has 0 spiro atoms. The van der Waals surface area contributed by atoms with Crippen LogP contribution in [-0.2, 0) is 0 Å². The fourth-order valence-electron chi connectivity index (χ4n) is 1.74. The summed E-state index contributed by atoms with van der Waals surface area (Å²) in [5.74, 6) is 1.41. The number of benzene rings is 1. The minimum absolute atomic E-state index is 0.0216. The SMILES string of the molecule is COc1ccc(Br)cc1C(Cl)CC(C)C(C)(C)C. The van der Waals surface area contributed by atoms with E-state index in [4.69, 9.17) is 16.3 Å². The lowest BCUT2D eigenvalue weighted by atomic mass is 9.79. The zero-order valence-corrected chi connectivity index (χ0v) is 14.1. The molecule has 0 aliphatic heterocycles. The van der Waals surface area contributed by atoms with E-state index in [9.17, 15) is 0 Å². The maximum atomic E-state index is 6.56. The van der Waals surface area contributed by atoms with E-state index < -0.39 is 0 Å². The molecule has 18 heavy (non-hydrogen) atoms. The predicted molar refractivity (Wildman–Crippen MR) is 82.5 cm³/mol. The van der Waals surface area contributed by atoms with Gasteiger partial charge in [-0.3, -0.25) is 0 Å². The number of hydrogen-bond donors (Lipinski definition) is 0. The van der Waals surface area contributed by atoms with Gasteiger partial charge in [0, 0.05) is 10.0 Å². The summed E-state index contributed by atoms with van der Waals surface area (Å²) in [6.45, 7) is 9.00. The lowest BCUT2D eigenvalue weighted by Gasteiger charge is -2.29. The van der Waals surface area contributed by atoms with Crippen LogP contribution in [0.4, 0.5) is 0 Å². The van der Waals surface area contributed by atoms with Crippen molar-refractivity contribution in [1.82, 2.24) is 0 Å². The van der Waals surface area contributed by atoms with Crippen molar-refractivity contribution in [3.05, 3.63) is 28.2 Å². The number of alkyl halides is 1. The second-order valence-electron chi connectivity index (χ2n) is 5.86. The second-order valence-corrected chi connectivity index (χ2v) is 7.30. The molecule has 0 bridgehead atoms. The van der Waals surface area contributed by atoms with Crippen LogP contribution in [0.3, 0.4) is 0 Å². The van der Waals surface area contributed by atoms with Crippen LogP contribution < -0.4 is 4.74 Å². The van der Waals surface area contributed by atoms with Crippen LogP contribution in [0.15, 0.2) is 22.7 Å². The van der Waals surface area contributed by atoms with Gasteiger partial charge in [0.25, 0.3) is 0 Å². The third kappa shape index (κ3) is 4.17. The Morgan fingerprint density at radius 2 is 1.94 bits per heavy atom. The number of methoxy groups -OCH3 is 1. The molecule has 0 saturated heterocycles. The highest BCUT2D eigenvalue weighted by molar-refractivity contribution is 9.10. The van der Waals surface area contributed by atoms with E-state index in [-0.39, 0.29) is 10.8 Å². The molecule has 0 radical (unpaired) electrons. The Hall–Kier alpha value is -0.210. The minimum atomic E-state index is -0.0216. The van der Waals surface area contributed by atoms with Gasteiger partial charge in [-0.05, 0) is 36.0 Å². The van der Waals surface area contributed by atoms with Gasteiger partial charge in [-0.15, -0.1) is 11.6 Å². The summed E-state index contributed by atoms with van der Waals surface area (Å²) in [4.78, 5) is 0. The molecule has 1 rings (SSSR count). The van der Waals surface area contributed by atoms with Gasteiger partial charge >= 0.3 is 0 Å². The third-order valence-corrected chi connectivity index (χ3v) is 4.47. The van der Waals surface area contributed by atoms with Crippen molar-refractivity contribution in [2.45, 2.75) is 39.5 Å². The summed E-state index contributed by atoms with van der Waals surface area (Å²) >= 11 is 10.0. The van der Waals surface area contributed by atoms with Crippen molar-refractivity contribution in [2.24, 2.45) is 11.3 Å². The monoisotopic (exact) mass is 332 g/mol. The molecule has 2 atom stereocenters. The topological polar surface area (TPSA) is 9.23 Å². The quantitative estimate of drug-likeness (QED) is 0.632. The molecule has 0 aliphatic carbocycles. The maximum absolute atomic E-state index is 6.56. The smallest absolute Gasteiger partial charge is 0.123 e. The predicted octanol–water partition coefficient (Wildman–Crippen LogP) is 5.81. The van der Waals surface area contributed by atoms with Gasteiger partial charge in [0.1, 0.15) is 5.75 Å². The Bertz CT molecular complexity index is 398. The second kappa shape index (κ2) is 6.29. The molecule has 0 saturated carbocycles. The van der Waals surface area contributed by atoms with Gasteiger partial charge in [0.2, 0.25) is 0 Å². The summed E-state index contributed by atoms with van der Waals surface area (Å²) in [7, 11) is 1.68. The van der Waals surface area contributed by atoms with Crippen LogP contribution in [-0.4, -0.2) is 7.11 Å². The molecule has 1 nitrogen and oxygen atoms in total. The summed E-state index contributed by atoms with van der Waals surface area (Å²) in [6.07, 6.45) is 0.942. The average Bonchev–Trinajstić information content (AvgIpc) is 2.27. The van der Waals surface area contributed by atoms with Crippen molar-refractivity contribution in [2.75, 3.05) is 7.11 Å². The number of hydrogen-bond acceptors (Lipinski definition) is 1. The largest absolute Gasteiger partial charge is 0.496 e. The van der Waals surface area contributed by atoms with Crippen LogP contribution in [0.5, 0.6) is 5.75 Å². The Morgan fingerprint density at radius 3 is 2.44 bits per heavy atom. The normalized spacial score (nSPS) is 15.3.